The van der Waals surface area contributed by atoms with Crippen molar-refractivity contribution in [2.45, 2.75) is 44.5 Å². The maximum Gasteiger partial charge on any atom is 0.303 e. The largest absolute Gasteiger partial charge is 0.507 e. The van der Waals surface area contributed by atoms with Crippen LogP contribution >= 0.6 is 0 Å². The summed E-state index contributed by atoms with van der Waals surface area (Å²) in [5.74, 6) is -4.60. The molecule has 2 aliphatic rings. The Bertz CT molecular complexity index is 1170. The van der Waals surface area contributed by atoms with E-state index in [4.69, 9.17) is 4.74 Å². The molecule has 0 radical (unpaired) electrons. The highest BCUT2D eigenvalue weighted by Crippen LogP contribution is 2.56. The zero-order valence-corrected chi connectivity index (χ0v) is 16.7. The third-order valence-corrected chi connectivity index (χ3v) is 6.02. The van der Waals surface area contributed by atoms with Crippen LogP contribution < -0.4 is 0 Å². The number of carbonyl (C=O) groups excluding carboxylic acids is 3. The quantitative estimate of drug-likeness (QED) is 0.302. The number of aromatic hydroxyl groups is 3. The van der Waals surface area contributed by atoms with Gasteiger partial charge in [-0.15, -0.1) is 0 Å². The van der Waals surface area contributed by atoms with Crippen LogP contribution in [-0.2, 0) is 9.53 Å². The summed E-state index contributed by atoms with van der Waals surface area (Å²) >= 11 is 0. The van der Waals surface area contributed by atoms with Crippen LogP contribution in [0.15, 0.2) is 18.2 Å². The average Bonchev–Trinajstić information content (AvgIpc) is 2.70. The highest BCUT2D eigenvalue weighted by molar-refractivity contribution is 6.31. The summed E-state index contributed by atoms with van der Waals surface area (Å²) in [6.45, 7) is 2.67. The topological polar surface area (TPSA) is 162 Å². The van der Waals surface area contributed by atoms with Crippen LogP contribution in [0, 0.1) is 0 Å². The van der Waals surface area contributed by atoms with E-state index in [1.807, 2.05) is 0 Å². The Labute approximate surface area is 176 Å². The number of hydrogen-bond acceptors (Lipinski definition) is 9. The van der Waals surface area contributed by atoms with Crippen molar-refractivity contribution >= 4 is 17.5 Å². The van der Waals surface area contributed by atoms with Crippen molar-refractivity contribution in [3.8, 4) is 17.2 Å². The molecule has 0 fully saturated rings. The van der Waals surface area contributed by atoms with Gasteiger partial charge < -0.3 is 30.3 Å². The lowest BCUT2D eigenvalue weighted by molar-refractivity contribution is -0.173. The minimum absolute atomic E-state index is 0.0162. The fraction of sp³-hybridized carbons (Fsp3) is 0.318. The number of benzene rings is 2. The molecule has 9 heteroatoms. The van der Waals surface area contributed by atoms with Gasteiger partial charge in [0.2, 0.25) is 5.78 Å². The number of esters is 1. The van der Waals surface area contributed by atoms with Crippen LogP contribution in [0.25, 0.3) is 0 Å². The van der Waals surface area contributed by atoms with E-state index in [0.717, 1.165) is 6.92 Å². The lowest BCUT2D eigenvalue weighted by Crippen LogP contribution is -2.44. The third-order valence-electron chi connectivity index (χ3n) is 6.02. The number of carbonyl (C=O) groups is 3. The zero-order valence-electron chi connectivity index (χ0n) is 16.7. The molecule has 0 heterocycles. The van der Waals surface area contributed by atoms with Gasteiger partial charge in [0.1, 0.15) is 22.8 Å². The first kappa shape index (κ1) is 20.8. The molecule has 162 valence electrons. The van der Waals surface area contributed by atoms with Crippen molar-refractivity contribution in [2.75, 3.05) is 0 Å². The Hall–Kier alpha value is -3.43. The average molecular weight is 428 g/mol. The molecule has 0 saturated carbocycles. The van der Waals surface area contributed by atoms with E-state index in [1.54, 1.807) is 6.92 Å². The summed E-state index contributed by atoms with van der Waals surface area (Å²) in [5.41, 5.74) is -4.09. The van der Waals surface area contributed by atoms with E-state index < -0.39 is 63.7 Å². The third kappa shape index (κ3) is 2.74. The molecule has 0 aliphatic heterocycles. The molecule has 2 aliphatic carbocycles. The minimum Gasteiger partial charge on any atom is -0.507 e. The summed E-state index contributed by atoms with van der Waals surface area (Å²) in [7, 11) is 0. The van der Waals surface area contributed by atoms with Crippen molar-refractivity contribution in [1.29, 1.82) is 0 Å². The van der Waals surface area contributed by atoms with Gasteiger partial charge in [-0.1, -0.05) is 19.1 Å². The SMILES string of the molecule is CC[C@@]1(O)C[C@H](O)c2c(O)c3c(c(O)c2[C@H]1OC(C)=O)C(=O)c1cccc(O)c1C3=O. The molecule has 5 N–H and O–H groups in total. The highest BCUT2D eigenvalue weighted by Gasteiger charge is 2.51. The molecule has 2 aromatic rings. The van der Waals surface area contributed by atoms with Crippen molar-refractivity contribution in [1.82, 2.24) is 0 Å². The number of hydrogen-bond donors (Lipinski definition) is 5. The number of phenols is 3. The summed E-state index contributed by atoms with van der Waals surface area (Å²) in [4.78, 5) is 37.9. The van der Waals surface area contributed by atoms with Crippen molar-refractivity contribution in [2.24, 2.45) is 0 Å². The Kier molecular flexibility index (Phi) is 4.56. The Balaban J connectivity index is 2.09. The molecule has 0 saturated heterocycles. The number of ketones is 2. The van der Waals surface area contributed by atoms with Crippen LogP contribution in [0.2, 0.25) is 0 Å². The van der Waals surface area contributed by atoms with Crippen LogP contribution in [0.4, 0.5) is 0 Å². The van der Waals surface area contributed by atoms with Crippen LogP contribution in [0.3, 0.4) is 0 Å². The molecule has 9 nitrogen and oxygen atoms in total. The van der Waals surface area contributed by atoms with Crippen LogP contribution in [-0.4, -0.2) is 48.7 Å². The van der Waals surface area contributed by atoms with E-state index in [1.165, 1.54) is 18.2 Å². The number of phenolic OH excluding ortho intramolecular Hbond substituents is 3. The van der Waals surface area contributed by atoms with Gasteiger partial charge in [-0.2, -0.15) is 0 Å². The number of fused-ring (bicyclic) bond motifs is 3. The van der Waals surface area contributed by atoms with Gasteiger partial charge in [-0.05, 0) is 12.5 Å². The first-order chi connectivity index (χ1) is 14.5. The van der Waals surface area contributed by atoms with Gasteiger partial charge >= 0.3 is 5.97 Å². The van der Waals surface area contributed by atoms with E-state index in [2.05, 4.69) is 0 Å². The predicted molar refractivity (Wildman–Crippen MR) is 104 cm³/mol. The number of aliphatic hydroxyl groups is 2. The van der Waals surface area contributed by atoms with Gasteiger partial charge in [0.25, 0.3) is 0 Å². The summed E-state index contributed by atoms with van der Waals surface area (Å²) in [6, 6.07) is 3.84. The molecule has 3 atom stereocenters. The van der Waals surface area contributed by atoms with Gasteiger partial charge in [0, 0.05) is 30.0 Å². The summed E-state index contributed by atoms with van der Waals surface area (Å²) in [5, 5.41) is 53.8. The Morgan fingerprint density at radius 1 is 1.06 bits per heavy atom. The van der Waals surface area contributed by atoms with Crippen LogP contribution in [0.5, 0.6) is 17.2 Å². The van der Waals surface area contributed by atoms with Crippen LogP contribution in [0.1, 0.15) is 81.9 Å². The molecule has 0 amide bonds. The van der Waals surface area contributed by atoms with Gasteiger partial charge in [0.15, 0.2) is 11.9 Å². The molecule has 4 rings (SSSR count). The molecule has 0 spiro atoms. The second-order valence-electron chi connectivity index (χ2n) is 7.80. The standard InChI is InChI=1S/C22H20O9/c1-3-22(30)7-11(25)13-16(21(22)31-8(2)23)20(29)14-15(19(13)28)18(27)12-9(17(14)26)5-4-6-10(12)24/h4-6,11,21,24-25,28-30H,3,7H2,1-2H3/t11-,21+,22+/m0/s1. The smallest absolute Gasteiger partial charge is 0.303 e. The lowest BCUT2D eigenvalue weighted by atomic mass is 9.70. The summed E-state index contributed by atoms with van der Waals surface area (Å²) < 4.78 is 5.24. The van der Waals surface area contributed by atoms with Crippen molar-refractivity contribution in [3.05, 3.63) is 51.6 Å². The molecule has 0 unspecified atom stereocenters. The van der Waals surface area contributed by atoms with Gasteiger partial charge in [0.05, 0.1) is 22.8 Å². The van der Waals surface area contributed by atoms with Crippen molar-refractivity contribution < 1.29 is 44.7 Å². The number of ether oxygens (including phenoxy) is 1. The molecule has 0 aromatic heterocycles. The van der Waals surface area contributed by atoms with E-state index >= 15 is 0 Å². The number of rotatable bonds is 2. The normalized spacial score (nSPS) is 24.3. The summed E-state index contributed by atoms with van der Waals surface area (Å²) in [6.07, 6.45) is -3.37. The van der Waals surface area contributed by atoms with E-state index in [0.29, 0.717) is 0 Å². The highest BCUT2D eigenvalue weighted by atomic mass is 16.6. The second kappa shape index (κ2) is 6.79. The van der Waals surface area contributed by atoms with Gasteiger partial charge in [-0.25, -0.2) is 0 Å². The molecular formula is C22H20O9. The zero-order chi connectivity index (χ0) is 22.8. The predicted octanol–water partition coefficient (Wildman–Crippen LogP) is 1.76. The fourth-order valence-electron chi connectivity index (χ4n) is 4.51. The molecular weight excluding hydrogens is 408 g/mol. The fourth-order valence-corrected chi connectivity index (χ4v) is 4.51. The molecule has 2 aromatic carbocycles. The maximum absolute atomic E-state index is 13.1. The first-order valence-electron chi connectivity index (χ1n) is 9.64. The maximum atomic E-state index is 13.1. The monoisotopic (exact) mass is 428 g/mol. The Morgan fingerprint density at radius 2 is 1.68 bits per heavy atom. The first-order valence-corrected chi connectivity index (χ1v) is 9.64. The minimum atomic E-state index is -1.80. The second-order valence-corrected chi connectivity index (χ2v) is 7.80. The molecule has 0 bridgehead atoms. The lowest BCUT2D eigenvalue weighted by Gasteiger charge is -2.42. The Morgan fingerprint density at radius 3 is 2.29 bits per heavy atom. The van der Waals surface area contributed by atoms with E-state index in [9.17, 15) is 39.9 Å². The number of aliphatic hydroxyl groups excluding tert-OH is 1. The van der Waals surface area contributed by atoms with E-state index in [-0.39, 0.29) is 35.1 Å². The van der Waals surface area contributed by atoms with Gasteiger partial charge in [-0.3, -0.25) is 14.4 Å². The molecule has 31 heavy (non-hydrogen) atoms. The van der Waals surface area contributed by atoms with Crippen molar-refractivity contribution in [3.63, 3.8) is 0 Å².